The van der Waals surface area contributed by atoms with E-state index < -0.39 is 51.5 Å². The van der Waals surface area contributed by atoms with Crippen LogP contribution in [0.5, 0.6) is 0 Å². The van der Waals surface area contributed by atoms with Crippen LogP contribution in [0.2, 0.25) is 0 Å². The second kappa shape index (κ2) is 8.95. The topological polar surface area (TPSA) is 232 Å². The molecule has 34 heavy (non-hydrogen) atoms. The Bertz CT molecular complexity index is 1270. The van der Waals surface area contributed by atoms with Gasteiger partial charge in [0.25, 0.3) is 11.8 Å². The van der Waals surface area contributed by atoms with E-state index in [0.29, 0.717) is 5.69 Å². The van der Waals surface area contributed by atoms with E-state index in [-0.39, 0.29) is 21.7 Å². The number of aliphatic carboxylic acids is 1. The third-order valence-electron chi connectivity index (χ3n) is 4.57. The van der Waals surface area contributed by atoms with Crippen molar-refractivity contribution >= 4 is 50.3 Å². The van der Waals surface area contributed by atoms with Crippen molar-refractivity contribution in [2.24, 2.45) is 5.16 Å². The first-order chi connectivity index (χ1) is 15.7. The van der Waals surface area contributed by atoms with Gasteiger partial charge in [0.1, 0.15) is 17.8 Å². The maximum Gasteiger partial charge on any atom is 0.362 e. The standard InChI is InChI=1S/C16H20N8O8S2/c1-7-4-18-23(21-7)5-9-11(13(26)24(9)34(29,30)31)20-12(25)10(8-6-33-15(17)19-8)22-32-16(2,3)14(27)28/h4,6,9,11H,5H2,1-3H3,(H2,17,19)(H,20,25)(H,27,28)(H,29,30,31). The zero-order valence-corrected chi connectivity index (χ0v) is 19.6. The van der Waals surface area contributed by atoms with Crippen LogP contribution in [-0.4, -0.2) is 83.5 Å². The molecular weight excluding hydrogens is 496 g/mol. The lowest BCUT2D eigenvalue weighted by Gasteiger charge is -2.43. The minimum absolute atomic E-state index is 0.0690. The number of nitrogens with two attached hydrogens (primary N) is 1. The Balaban J connectivity index is 1.89. The highest BCUT2D eigenvalue weighted by molar-refractivity contribution is 7.84. The largest absolute Gasteiger partial charge is 0.478 e. The summed E-state index contributed by atoms with van der Waals surface area (Å²) < 4.78 is 33.0. The summed E-state index contributed by atoms with van der Waals surface area (Å²) in [4.78, 5) is 46.7. The second-order valence-corrected chi connectivity index (χ2v) is 9.77. The van der Waals surface area contributed by atoms with Crippen molar-refractivity contribution in [3.8, 4) is 0 Å². The zero-order chi connectivity index (χ0) is 25.4. The Morgan fingerprint density at radius 1 is 1.41 bits per heavy atom. The van der Waals surface area contributed by atoms with Gasteiger partial charge in [0, 0.05) is 5.38 Å². The fraction of sp³-hybridized carbons (Fsp3) is 0.438. The minimum Gasteiger partial charge on any atom is -0.478 e. The Kier molecular flexibility index (Phi) is 6.58. The Hall–Kier alpha value is -3.64. The van der Waals surface area contributed by atoms with Gasteiger partial charge >= 0.3 is 16.3 Å². The number of nitrogens with zero attached hydrogens (tertiary/aromatic N) is 6. The van der Waals surface area contributed by atoms with Crippen LogP contribution in [-0.2, 0) is 36.1 Å². The van der Waals surface area contributed by atoms with Crippen molar-refractivity contribution in [2.45, 2.75) is 45.0 Å². The molecule has 3 heterocycles. The summed E-state index contributed by atoms with van der Waals surface area (Å²) in [5, 5.41) is 24.5. The minimum atomic E-state index is -4.94. The Morgan fingerprint density at radius 3 is 2.59 bits per heavy atom. The van der Waals surface area contributed by atoms with E-state index in [0.717, 1.165) is 16.1 Å². The van der Waals surface area contributed by atoms with E-state index in [1.54, 1.807) is 6.92 Å². The summed E-state index contributed by atoms with van der Waals surface area (Å²) in [6, 6.07) is -2.69. The number of oxime groups is 1. The number of thiazole rings is 1. The van der Waals surface area contributed by atoms with Crippen LogP contribution in [0.3, 0.4) is 0 Å². The zero-order valence-electron chi connectivity index (χ0n) is 17.9. The van der Waals surface area contributed by atoms with Gasteiger partial charge in [0.05, 0.1) is 18.4 Å². The fourth-order valence-electron chi connectivity index (χ4n) is 2.79. The normalized spacial score (nSPS) is 19.0. The molecule has 2 aromatic heterocycles. The van der Waals surface area contributed by atoms with Gasteiger partial charge in [0.15, 0.2) is 10.8 Å². The number of amides is 2. The number of nitrogen functional groups attached to an aromatic ring is 1. The van der Waals surface area contributed by atoms with E-state index in [1.165, 1.54) is 25.4 Å². The molecule has 2 amide bonds. The van der Waals surface area contributed by atoms with Gasteiger partial charge in [-0.2, -0.15) is 23.4 Å². The number of carbonyl (C=O) groups is 3. The number of rotatable bonds is 9. The number of nitrogens with one attached hydrogen (secondary N) is 1. The molecule has 5 N–H and O–H groups in total. The van der Waals surface area contributed by atoms with Crippen LogP contribution >= 0.6 is 11.3 Å². The number of aryl methyl sites for hydroxylation is 1. The SMILES string of the molecule is Cc1cnn(CC2C(NC(=O)C(=NOC(C)(C)C(=O)O)c3csc(N)n3)C(=O)N2S(=O)(=O)O)n1. The number of carboxylic acid groups (broad SMARTS) is 1. The first kappa shape index (κ1) is 25.0. The van der Waals surface area contributed by atoms with Crippen LogP contribution in [0.15, 0.2) is 16.7 Å². The molecular formula is C16H20N8O8S2. The molecule has 0 radical (unpaired) electrons. The van der Waals surface area contributed by atoms with Crippen LogP contribution in [0, 0.1) is 6.92 Å². The molecule has 0 bridgehead atoms. The van der Waals surface area contributed by atoms with Gasteiger partial charge in [-0.1, -0.05) is 5.16 Å². The number of carbonyl (C=O) groups excluding carboxylic acids is 2. The van der Waals surface area contributed by atoms with Crippen molar-refractivity contribution in [3.05, 3.63) is 23.0 Å². The molecule has 2 aromatic rings. The number of hydrogen-bond donors (Lipinski definition) is 4. The van der Waals surface area contributed by atoms with E-state index in [2.05, 4.69) is 25.7 Å². The molecule has 0 aromatic carbocycles. The summed E-state index contributed by atoms with van der Waals surface area (Å²) in [6.45, 7) is 3.75. The second-order valence-electron chi connectivity index (χ2n) is 7.59. The van der Waals surface area contributed by atoms with Crippen LogP contribution in [0.25, 0.3) is 0 Å². The third-order valence-corrected chi connectivity index (χ3v) is 6.19. The summed E-state index contributed by atoms with van der Waals surface area (Å²) in [5.41, 5.74) is 3.72. The van der Waals surface area contributed by atoms with Crippen molar-refractivity contribution in [3.63, 3.8) is 0 Å². The van der Waals surface area contributed by atoms with Gasteiger partial charge < -0.3 is 21.0 Å². The number of hydrogen-bond acceptors (Lipinski definition) is 12. The van der Waals surface area contributed by atoms with Crippen molar-refractivity contribution in [1.29, 1.82) is 0 Å². The number of carboxylic acids is 1. The number of β-lactam (4-membered cyclic amide) rings is 1. The molecule has 1 fully saturated rings. The molecule has 18 heteroatoms. The average Bonchev–Trinajstić information content (AvgIpc) is 3.32. The first-order valence-corrected chi connectivity index (χ1v) is 11.7. The molecule has 1 aliphatic heterocycles. The maximum atomic E-state index is 13.0. The summed E-state index contributed by atoms with van der Waals surface area (Å²) in [7, 11) is -4.94. The van der Waals surface area contributed by atoms with Crippen LogP contribution in [0.4, 0.5) is 5.13 Å². The van der Waals surface area contributed by atoms with Gasteiger partial charge in [-0.3, -0.25) is 14.1 Å². The molecule has 16 nitrogen and oxygen atoms in total. The molecule has 184 valence electrons. The quantitative estimate of drug-likeness (QED) is 0.128. The lowest BCUT2D eigenvalue weighted by Crippen LogP contribution is -2.73. The molecule has 3 rings (SSSR count). The average molecular weight is 517 g/mol. The number of anilines is 1. The van der Waals surface area contributed by atoms with E-state index in [9.17, 15) is 32.5 Å². The van der Waals surface area contributed by atoms with Gasteiger partial charge in [-0.05, 0) is 20.8 Å². The number of aromatic nitrogens is 4. The van der Waals surface area contributed by atoms with Crippen LogP contribution < -0.4 is 11.1 Å². The van der Waals surface area contributed by atoms with Crippen molar-refractivity contribution in [2.75, 3.05) is 5.73 Å². The summed E-state index contributed by atoms with van der Waals surface area (Å²) >= 11 is 0.964. The molecule has 1 saturated heterocycles. The van der Waals surface area contributed by atoms with Crippen molar-refractivity contribution < 1.29 is 37.3 Å². The predicted octanol–water partition coefficient (Wildman–Crippen LogP) is -1.59. The highest BCUT2D eigenvalue weighted by Gasteiger charge is 2.54. The lowest BCUT2D eigenvalue weighted by atomic mass is 9.98. The molecule has 2 atom stereocenters. The van der Waals surface area contributed by atoms with Crippen molar-refractivity contribution in [1.82, 2.24) is 29.6 Å². The molecule has 2 unspecified atom stereocenters. The predicted molar refractivity (Wildman–Crippen MR) is 115 cm³/mol. The third kappa shape index (κ3) is 5.13. The summed E-state index contributed by atoms with van der Waals surface area (Å²) in [6.07, 6.45) is 1.39. The van der Waals surface area contributed by atoms with Crippen LogP contribution in [0.1, 0.15) is 25.2 Å². The van der Waals surface area contributed by atoms with Gasteiger partial charge in [-0.25, -0.2) is 14.1 Å². The highest BCUT2D eigenvalue weighted by Crippen LogP contribution is 2.25. The lowest BCUT2D eigenvalue weighted by molar-refractivity contribution is -0.161. The van der Waals surface area contributed by atoms with Gasteiger partial charge in [-0.15, -0.1) is 11.3 Å². The molecule has 1 aliphatic rings. The highest BCUT2D eigenvalue weighted by atomic mass is 32.2. The fourth-order valence-corrected chi connectivity index (χ4v) is 4.21. The Labute approximate surface area is 196 Å². The maximum absolute atomic E-state index is 13.0. The molecule has 0 spiro atoms. The molecule has 0 aliphatic carbocycles. The smallest absolute Gasteiger partial charge is 0.362 e. The van der Waals surface area contributed by atoms with E-state index in [1.807, 2.05) is 0 Å². The summed E-state index contributed by atoms with van der Waals surface area (Å²) in [5.74, 6) is -3.52. The van der Waals surface area contributed by atoms with Gasteiger partial charge in [0.2, 0.25) is 5.60 Å². The van der Waals surface area contributed by atoms with E-state index >= 15 is 0 Å². The van der Waals surface area contributed by atoms with E-state index in [4.69, 9.17) is 10.6 Å². The Morgan fingerprint density at radius 2 is 2.09 bits per heavy atom. The first-order valence-electron chi connectivity index (χ1n) is 9.40. The molecule has 0 saturated carbocycles. The monoisotopic (exact) mass is 516 g/mol.